The molecule has 0 saturated carbocycles. The SMILES string of the molecule is CC(=O)OCc1c(-c2cn(C)c(=O)c(Nc3ccc4c(c3)CN(C)C4)n2)cc(F)cc1N1CCc2c(sc3c2CCCC3)C1=O. The highest BCUT2D eigenvalue weighted by atomic mass is 32.1. The number of halogens is 1. The smallest absolute Gasteiger partial charge is 0.302 e. The summed E-state index contributed by atoms with van der Waals surface area (Å²) in [4.78, 5) is 49.6. The van der Waals surface area contributed by atoms with Crippen molar-refractivity contribution in [2.45, 2.75) is 58.7 Å². The second-order valence-corrected chi connectivity index (χ2v) is 13.2. The molecule has 7 rings (SSSR count). The number of carbonyl (C=O) groups excluding carboxylic acids is 2. The van der Waals surface area contributed by atoms with E-state index in [4.69, 9.17) is 4.74 Å². The number of rotatable bonds is 6. The van der Waals surface area contributed by atoms with Gasteiger partial charge in [-0.2, -0.15) is 0 Å². The highest BCUT2D eigenvalue weighted by Gasteiger charge is 2.34. The van der Waals surface area contributed by atoms with Gasteiger partial charge >= 0.3 is 5.97 Å². The number of esters is 1. The molecule has 0 fully saturated rings. The van der Waals surface area contributed by atoms with Gasteiger partial charge < -0.3 is 19.5 Å². The van der Waals surface area contributed by atoms with E-state index in [2.05, 4.69) is 22.2 Å². The lowest BCUT2D eigenvalue weighted by Gasteiger charge is -2.30. The lowest BCUT2D eigenvalue weighted by molar-refractivity contribution is -0.142. The van der Waals surface area contributed by atoms with Crippen LogP contribution in [0, 0.1) is 5.82 Å². The molecule has 4 aromatic rings. The Morgan fingerprint density at radius 3 is 2.67 bits per heavy atom. The number of aryl methyl sites for hydroxylation is 2. The summed E-state index contributed by atoms with van der Waals surface area (Å²) >= 11 is 1.56. The number of thiophene rings is 1. The summed E-state index contributed by atoms with van der Waals surface area (Å²) in [6.07, 6.45) is 6.43. The first-order chi connectivity index (χ1) is 21.7. The van der Waals surface area contributed by atoms with E-state index in [1.54, 1.807) is 23.3 Å². The van der Waals surface area contributed by atoms with Crippen LogP contribution in [0.15, 0.2) is 41.3 Å². The van der Waals surface area contributed by atoms with E-state index in [0.29, 0.717) is 40.4 Å². The molecule has 1 amide bonds. The van der Waals surface area contributed by atoms with Crippen molar-refractivity contribution in [1.82, 2.24) is 14.5 Å². The van der Waals surface area contributed by atoms with E-state index in [1.165, 1.54) is 51.4 Å². The highest BCUT2D eigenvalue weighted by Crippen LogP contribution is 2.41. The van der Waals surface area contributed by atoms with Crippen molar-refractivity contribution in [3.05, 3.63) is 90.3 Å². The molecule has 0 unspecified atom stereocenters. The van der Waals surface area contributed by atoms with E-state index in [9.17, 15) is 14.4 Å². The monoisotopic (exact) mass is 627 g/mol. The molecule has 1 aliphatic carbocycles. The number of carbonyl (C=O) groups is 2. The Bertz CT molecular complexity index is 1930. The fourth-order valence-corrected chi connectivity index (χ4v) is 8.15. The zero-order valence-corrected chi connectivity index (χ0v) is 26.4. The number of aromatic nitrogens is 2. The number of anilines is 3. The molecule has 2 aromatic carbocycles. The first kappa shape index (κ1) is 29.4. The van der Waals surface area contributed by atoms with Crippen LogP contribution < -0.4 is 15.8 Å². The van der Waals surface area contributed by atoms with Gasteiger partial charge in [0.1, 0.15) is 12.4 Å². The van der Waals surface area contributed by atoms with Crippen LogP contribution in [0.1, 0.15) is 62.1 Å². The number of nitrogens with zero attached hydrogens (tertiary/aromatic N) is 4. The molecule has 3 aliphatic rings. The molecule has 232 valence electrons. The average molecular weight is 628 g/mol. The minimum atomic E-state index is -0.566. The average Bonchev–Trinajstić information content (AvgIpc) is 3.58. The molecule has 0 saturated heterocycles. The first-order valence-electron chi connectivity index (χ1n) is 15.2. The molecule has 1 N–H and O–H groups in total. The number of nitrogens with one attached hydrogen (secondary N) is 1. The van der Waals surface area contributed by atoms with Crippen molar-refractivity contribution < 1.29 is 18.7 Å². The maximum Gasteiger partial charge on any atom is 0.302 e. The topological polar surface area (TPSA) is 96.8 Å². The van der Waals surface area contributed by atoms with E-state index in [-0.39, 0.29) is 23.9 Å². The molecule has 9 nitrogen and oxygen atoms in total. The van der Waals surface area contributed by atoms with Crippen LogP contribution in [-0.2, 0) is 55.5 Å². The van der Waals surface area contributed by atoms with Crippen LogP contribution in [0.2, 0.25) is 0 Å². The fourth-order valence-electron chi connectivity index (χ4n) is 6.76. The molecule has 2 aromatic heterocycles. The van der Waals surface area contributed by atoms with Crippen molar-refractivity contribution in [3.8, 4) is 11.3 Å². The lowest BCUT2D eigenvalue weighted by atomic mass is 9.91. The maximum absolute atomic E-state index is 15.5. The highest BCUT2D eigenvalue weighted by molar-refractivity contribution is 7.14. The van der Waals surface area contributed by atoms with Gasteiger partial charge in [0, 0.05) is 61.5 Å². The third-order valence-corrected chi connectivity index (χ3v) is 10.2. The number of hydrogen-bond donors (Lipinski definition) is 1. The standard InChI is InChI=1S/C34H34FN5O4S/c1-19(41)44-18-27-26(28-17-39(3)34(43)32(37-28)36-23-9-8-20-15-38(2)16-21(20)12-23)13-22(35)14-29(27)40-11-10-25-24-6-4-5-7-30(24)45-31(25)33(40)42/h8-9,12-14,17H,4-7,10-11,15-16,18H2,1-3H3,(H,36,37). The minimum Gasteiger partial charge on any atom is -0.461 e. The van der Waals surface area contributed by atoms with E-state index in [0.717, 1.165) is 50.0 Å². The van der Waals surface area contributed by atoms with Crippen molar-refractivity contribution in [2.75, 3.05) is 23.8 Å². The van der Waals surface area contributed by atoms with Crippen LogP contribution in [0.3, 0.4) is 0 Å². The van der Waals surface area contributed by atoms with Crippen molar-refractivity contribution in [2.24, 2.45) is 7.05 Å². The summed E-state index contributed by atoms with van der Waals surface area (Å²) in [6.45, 7) is 3.17. The Kier molecular flexibility index (Phi) is 7.53. The summed E-state index contributed by atoms with van der Waals surface area (Å²) in [6, 6.07) is 8.60. The van der Waals surface area contributed by atoms with Crippen LogP contribution in [0.4, 0.5) is 21.6 Å². The summed E-state index contributed by atoms with van der Waals surface area (Å²) in [7, 11) is 3.66. The Hall–Kier alpha value is -4.35. The summed E-state index contributed by atoms with van der Waals surface area (Å²) in [5, 5.41) is 3.17. The van der Waals surface area contributed by atoms with Gasteiger partial charge in [-0.25, -0.2) is 9.37 Å². The Labute approximate surface area is 264 Å². The lowest BCUT2D eigenvalue weighted by Crippen LogP contribution is -2.38. The molecule has 0 bridgehead atoms. The molecule has 0 atom stereocenters. The summed E-state index contributed by atoms with van der Waals surface area (Å²) < 4.78 is 22.3. The van der Waals surface area contributed by atoms with Crippen LogP contribution in [-0.4, -0.2) is 39.9 Å². The van der Waals surface area contributed by atoms with Gasteiger partial charge in [-0.3, -0.25) is 19.3 Å². The van der Waals surface area contributed by atoms with Gasteiger partial charge in [0.15, 0.2) is 5.82 Å². The molecule has 0 radical (unpaired) electrons. The van der Waals surface area contributed by atoms with Gasteiger partial charge in [0.2, 0.25) is 0 Å². The zero-order chi connectivity index (χ0) is 31.4. The summed E-state index contributed by atoms with van der Waals surface area (Å²) in [5.74, 6) is -1.17. The molecule has 11 heteroatoms. The van der Waals surface area contributed by atoms with E-state index >= 15 is 4.39 Å². The zero-order valence-electron chi connectivity index (χ0n) is 25.5. The van der Waals surface area contributed by atoms with Crippen molar-refractivity contribution >= 4 is 40.4 Å². The van der Waals surface area contributed by atoms with E-state index < -0.39 is 11.8 Å². The molecule has 2 aliphatic heterocycles. The Morgan fingerprint density at radius 1 is 1.04 bits per heavy atom. The largest absolute Gasteiger partial charge is 0.461 e. The number of amides is 1. The third-order valence-electron chi connectivity index (χ3n) is 8.90. The van der Waals surface area contributed by atoms with Gasteiger partial charge in [-0.05, 0) is 85.7 Å². The predicted octanol–water partition coefficient (Wildman–Crippen LogP) is 5.48. The molecule has 4 heterocycles. The van der Waals surface area contributed by atoms with Gasteiger partial charge in [0.05, 0.1) is 16.3 Å². The van der Waals surface area contributed by atoms with E-state index in [1.807, 2.05) is 18.2 Å². The van der Waals surface area contributed by atoms with Gasteiger partial charge in [-0.15, -0.1) is 11.3 Å². The molecular formula is C34H34FN5O4S. The third kappa shape index (κ3) is 5.44. The van der Waals surface area contributed by atoms with Crippen LogP contribution in [0.25, 0.3) is 11.3 Å². The van der Waals surface area contributed by atoms with Gasteiger partial charge in [-0.1, -0.05) is 6.07 Å². The normalized spacial score (nSPS) is 15.9. The number of hydrogen-bond acceptors (Lipinski definition) is 8. The maximum atomic E-state index is 15.5. The van der Waals surface area contributed by atoms with Crippen LogP contribution in [0.5, 0.6) is 0 Å². The fraction of sp³-hybridized carbons (Fsp3) is 0.353. The Morgan fingerprint density at radius 2 is 1.84 bits per heavy atom. The molecule has 0 spiro atoms. The first-order valence-corrected chi connectivity index (χ1v) is 16.0. The summed E-state index contributed by atoms with van der Waals surface area (Å²) in [5.41, 5.74) is 6.65. The van der Waals surface area contributed by atoms with Crippen molar-refractivity contribution in [3.63, 3.8) is 0 Å². The van der Waals surface area contributed by atoms with Crippen LogP contribution >= 0.6 is 11.3 Å². The minimum absolute atomic E-state index is 0.0772. The van der Waals surface area contributed by atoms with Gasteiger partial charge in [0.25, 0.3) is 11.5 Å². The van der Waals surface area contributed by atoms with Crippen molar-refractivity contribution in [1.29, 1.82) is 0 Å². The number of benzene rings is 2. The quantitative estimate of drug-likeness (QED) is 0.283. The second kappa shape index (κ2) is 11.5. The number of ether oxygens (including phenoxy) is 1. The number of fused-ring (bicyclic) bond motifs is 4. The predicted molar refractivity (Wildman–Crippen MR) is 172 cm³/mol. The molecule has 45 heavy (non-hydrogen) atoms. The molecular weight excluding hydrogens is 593 g/mol. The second-order valence-electron chi connectivity index (χ2n) is 12.1. The Balaban J connectivity index is 1.30.